The fourth-order valence-corrected chi connectivity index (χ4v) is 4.09. The van der Waals surface area contributed by atoms with E-state index in [1.165, 1.54) is 10.5 Å². The third-order valence-corrected chi connectivity index (χ3v) is 5.66. The topological polar surface area (TPSA) is 82.5 Å². The SMILES string of the molecule is CNc1cccnc1S(=O)(=O)N1CCC(C(C)O)CC1. The number of hydrogen-bond acceptors (Lipinski definition) is 5. The third kappa shape index (κ3) is 2.94. The zero-order valence-corrected chi connectivity index (χ0v) is 12.6. The minimum Gasteiger partial charge on any atom is -0.393 e. The largest absolute Gasteiger partial charge is 0.393 e. The molecule has 112 valence electrons. The Morgan fingerprint density at radius 2 is 2.10 bits per heavy atom. The van der Waals surface area contributed by atoms with Crippen molar-refractivity contribution in [1.82, 2.24) is 9.29 Å². The monoisotopic (exact) mass is 299 g/mol. The zero-order chi connectivity index (χ0) is 14.8. The molecule has 6 nitrogen and oxygen atoms in total. The molecule has 0 bridgehead atoms. The van der Waals surface area contributed by atoms with Gasteiger partial charge in [0.15, 0.2) is 5.03 Å². The maximum Gasteiger partial charge on any atom is 0.262 e. The molecule has 2 N–H and O–H groups in total. The van der Waals surface area contributed by atoms with E-state index in [9.17, 15) is 13.5 Å². The van der Waals surface area contributed by atoms with E-state index in [0.29, 0.717) is 31.6 Å². The van der Waals surface area contributed by atoms with E-state index in [1.807, 2.05) is 0 Å². The molecule has 0 amide bonds. The molecule has 0 saturated carbocycles. The zero-order valence-electron chi connectivity index (χ0n) is 11.8. The van der Waals surface area contributed by atoms with Crippen LogP contribution in [0.3, 0.4) is 0 Å². The molecule has 7 heteroatoms. The molecule has 0 spiro atoms. The van der Waals surface area contributed by atoms with Gasteiger partial charge in [-0.05, 0) is 37.8 Å². The van der Waals surface area contributed by atoms with E-state index in [0.717, 1.165) is 0 Å². The van der Waals surface area contributed by atoms with Gasteiger partial charge in [0.1, 0.15) is 0 Å². The van der Waals surface area contributed by atoms with Gasteiger partial charge in [0.05, 0.1) is 11.8 Å². The van der Waals surface area contributed by atoms with Gasteiger partial charge >= 0.3 is 0 Å². The lowest BCUT2D eigenvalue weighted by Gasteiger charge is -2.32. The summed E-state index contributed by atoms with van der Waals surface area (Å²) in [4.78, 5) is 4.01. The molecule has 2 rings (SSSR count). The van der Waals surface area contributed by atoms with Gasteiger partial charge in [0.2, 0.25) is 0 Å². The fraction of sp³-hybridized carbons (Fsp3) is 0.615. The van der Waals surface area contributed by atoms with Crippen LogP contribution in [0.15, 0.2) is 23.4 Å². The summed E-state index contributed by atoms with van der Waals surface area (Å²) in [6.45, 7) is 2.61. The van der Waals surface area contributed by atoms with Crippen LogP contribution in [0, 0.1) is 5.92 Å². The van der Waals surface area contributed by atoms with Gasteiger partial charge in [-0.2, -0.15) is 4.31 Å². The summed E-state index contributed by atoms with van der Waals surface area (Å²) in [5, 5.41) is 12.5. The Labute approximate surface area is 119 Å². The van der Waals surface area contributed by atoms with Crippen LogP contribution in [0.4, 0.5) is 5.69 Å². The van der Waals surface area contributed by atoms with Crippen LogP contribution in [-0.2, 0) is 10.0 Å². The summed E-state index contributed by atoms with van der Waals surface area (Å²) in [5.74, 6) is 0.175. The van der Waals surface area contributed by atoms with E-state index >= 15 is 0 Å². The van der Waals surface area contributed by atoms with Crippen molar-refractivity contribution in [2.24, 2.45) is 5.92 Å². The van der Waals surface area contributed by atoms with Crippen LogP contribution >= 0.6 is 0 Å². The number of hydrogen-bond donors (Lipinski definition) is 2. The lowest BCUT2D eigenvalue weighted by Crippen LogP contribution is -2.41. The Bertz CT molecular complexity index is 552. The highest BCUT2D eigenvalue weighted by Gasteiger charge is 2.32. The molecule has 1 aliphatic heterocycles. The predicted molar refractivity (Wildman–Crippen MR) is 76.9 cm³/mol. The molecule has 0 radical (unpaired) electrons. The van der Waals surface area contributed by atoms with Crippen LogP contribution in [-0.4, -0.2) is 49.1 Å². The van der Waals surface area contributed by atoms with Crippen molar-refractivity contribution >= 4 is 15.7 Å². The van der Waals surface area contributed by atoms with Crippen LogP contribution in [0.25, 0.3) is 0 Å². The first kappa shape index (κ1) is 15.2. The molecular weight excluding hydrogens is 278 g/mol. The molecule has 0 aliphatic carbocycles. The molecule has 1 saturated heterocycles. The molecule has 1 aliphatic rings. The van der Waals surface area contributed by atoms with Crippen molar-refractivity contribution in [1.29, 1.82) is 0 Å². The fourth-order valence-electron chi connectivity index (χ4n) is 2.51. The maximum atomic E-state index is 12.6. The number of piperidine rings is 1. The average Bonchev–Trinajstić information content (AvgIpc) is 2.47. The number of rotatable bonds is 4. The molecule has 1 aromatic rings. The molecule has 1 unspecified atom stereocenters. The van der Waals surface area contributed by atoms with E-state index < -0.39 is 10.0 Å². The molecule has 1 fully saturated rings. The summed E-state index contributed by atoms with van der Waals surface area (Å²) < 4.78 is 26.7. The van der Waals surface area contributed by atoms with E-state index in [4.69, 9.17) is 0 Å². The Balaban J connectivity index is 2.20. The van der Waals surface area contributed by atoms with Gasteiger partial charge in [-0.15, -0.1) is 0 Å². The highest BCUT2D eigenvalue weighted by atomic mass is 32.2. The van der Waals surface area contributed by atoms with Crippen molar-refractivity contribution in [2.75, 3.05) is 25.5 Å². The van der Waals surface area contributed by atoms with Crippen LogP contribution in [0.2, 0.25) is 0 Å². The van der Waals surface area contributed by atoms with Gasteiger partial charge in [0.25, 0.3) is 10.0 Å². The number of aliphatic hydroxyl groups is 1. The lowest BCUT2D eigenvalue weighted by atomic mass is 9.93. The maximum absolute atomic E-state index is 12.6. The van der Waals surface area contributed by atoms with Crippen LogP contribution < -0.4 is 5.32 Å². The van der Waals surface area contributed by atoms with Gasteiger partial charge in [0, 0.05) is 26.3 Å². The molecule has 1 atom stereocenters. The first-order valence-electron chi connectivity index (χ1n) is 6.78. The minimum atomic E-state index is -3.58. The van der Waals surface area contributed by atoms with Crippen molar-refractivity contribution < 1.29 is 13.5 Å². The number of nitrogens with one attached hydrogen (secondary N) is 1. The number of pyridine rings is 1. The Hall–Kier alpha value is -1.18. The number of aromatic nitrogens is 1. The number of anilines is 1. The first-order valence-corrected chi connectivity index (χ1v) is 8.22. The van der Waals surface area contributed by atoms with E-state index in [2.05, 4.69) is 10.3 Å². The highest BCUT2D eigenvalue weighted by molar-refractivity contribution is 7.89. The number of nitrogens with zero attached hydrogens (tertiary/aromatic N) is 2. The standard InChI is InChI=1S/C13H21N3O3S/c1-10(17)11-5-8-16(9-6-11)20(18,19)13-12(14-2)4-3-7-15-13/h3-4,7,10-11,14,17H,5-6,8-9H2,1-2H3. The van der Waals surface area contributed by atoms with Crippen molar-refractivity contribution in [2.45, 2.75) is 30.9 Å². The Morgan fingerprint density at radius 3 is 2.65 bits per heavy atom. The molecule has 1 aromatic heterocycles. The number of sulfonamides is 1. The van der Waals surface area contributed by atoms with Crippen molar-refractivity contribution in [3.63, 3.8) is 0 Å². The van der Waals surface area contributed by atoms with Crippen LogP contribution in [0.5, 0.6) is 0 Å². The van der Waals surface area contributed by atoms with Gasteiger partial charge in [-0.3, -0.25) is 0 Å². The predicted octanol–water partition coefficient (Wildman–Crippen LogP) is 0.905. The second kappa shape index (κ2) is 6.07. The molecular formula is C13H21N3O3S. The first-order chi connectivity index (χ1) is 9.46. The smallest absolute Gasteiger partial charge is 0.262 e. The second-order valence-electron chi connectivity index (χ2n) is 5.09. The number of aliphatic hydroxyl groups excluding tert-OH is 1. The normalized spacial score (nSPS) is 19.8. The van der Waals surface area contributed by atoms with Gasteiger partial charge in [-0.1, -0.05) is 0 Å². The van der Waals surface area contributed by atoms with Crippen molar-refractivity contribution in [3.05, 3.63) is 18.3 Å². The third-order valence-electron chi connectivity index (χ3n) is 3.81. The second-order valence-corrected chi connectivity index (χ2v) is 6.94. The molecule has 2 heterocycles. The molecule has 20 heavy (non-hydrogen) atoms. The summed E-state index contributed by atoms with van der Waals surface area (Å²) in [7, 11) is -1.90. The Morgan fingerprint density at radius 1 is 1.45 bits per heavy atom. The van der Waals surface area contributed by atoms with E-state index in [1.54, 1.807) is 26.1 Å². The lowest BCUT2D eigenvalue weighted by molar-refractivity contribution is 0.0911. The van der Waals surface area contributed by atoms with Crippen molar-refractivity contribution in [3.8, 4) is 0 Å². The Kier molecular flexibility index (Phi) is 4.62. The van der Waals surface area contributed by atoms with E-state index in [-0.39, 0.29) is 17.0 Å². The van der Waals surface area contributed by atoms with Crippen LogP contribution in [0.1, 0.15) is 19.8 Å². The summed E-state index contributed by atoms with van der Waals surface area (Å²) >= 11 is 0. The summed E-state index contributed by atoms with van der Waals surface area (Å²) in [6, 6.07) is 3.40. The minimum absolute atomic E-state index is 0.0676. The quantitative estimate of drug-likeness (QED) is 0.863. The average molecular weight is 299 g/mol. The van der Waals surface area contributed by atoms with Gasteiger partial charge in [-0.25, -0.2) is 13.4 Å². The molecule has 0 aromatic carbocycles. The van der Waals surface area contributed by atoms with Gasteiger partial charge < -0.3 is 10.4 Å². The summed E-state index contributed by atoms with van der Waals surface area (Å²) in [6.07, 6.45) is 2.45. The highest BCUT2D eigenvalue weighted by Crippen LogP contribution is 2.27. The summed E-state index contributed by atoms with van der Waals surface area (Å²) in [5.41, 5.74) is 0.505.